The van der Waals surface area contributed by atoms with Crippen LogP contribution in [-0.2, 0) is 19.1 Å². The molecule has 5 aliphatic rings. The maximum Gasteiger partial charge on any atom is 0.249 e. The Morgan fingerprint density at radius 1 is 1.09 bits per heavy atom. The van der Waals surface area contributed by atoms with Crippen molar-refractivity contribution in [3.8, 4) is 0 Å². The van der Waals surface area contributed by atoms with Gasteiger partial charge in [-0.05, 0) is 19.3 Å². The van der Waals surface area contributed by atoms with E-state index in [4.69, 9.17) is 4.74 Å². The van der Waals surface area contributed by atoms with E-state index < -0.39 is 35.6 Å². The zero-order valence-electron chi connectivity index (χ0n) is 19.6. The predicted molar refractivity (Wildman–Crippen MR) is 121 cm³/mol. The van der Waals surface area contributed by atoms with E-state index in [1.807, 2.05) is 36.1 Å². The fourth-order valence-corrected chi connectivity index (χ4v) is 6.75. The first kappa shape index (κ1) is 22.6. The molecule has 1 unspecified atom stereocenters. The number of aliphatic hydroxyl groups excluding tert-OH is 1. The lowest BCUT2D eigenvalue weighted by molar-refractivity contribution is -0.152. The zero-order chi connectivity index (χ0) is 23.3. The number of likely N-dealkylation sites (N-methyl/N-ethyl adjacent to an activating group) is 1. The molecule has 2 saturated heterocycles. The number of amides is 3. The molecule has 0 aromatic carbocycles. The van der Waals surface area contributed by atoms with Gasteiger partial charge in [-0.15, -0.1) is 0 Å². The molecule has 0 bridgehead atoms. The number of aliphatic hydroxyl groups is 1. The van der Waals surface area contributed by atoms with Gasteiger partial charge in [-0.2, -0.15) is 0 Å². The molecular formula is C25H35N3O5. The van der Waals surface area contributed by atoms with Gasteiger partial charge in [0.15, 0.2) is 0 Å². The number of carbonyl (C=O) groups excluding carboxylic acids is 3. The zero-order valence-corrected chi connectivity index (χ0v) is 19.6. The Morgan fingerprint density at radius 3 is 2.55 bits per heavy atom. The Kier molecular flexibility index (Phi) is 5.85. The maximum atomic E-state index is 14.2. The highest BCUT2D eigenvalue weighted by molar-refractivity contribution is 6.00. The number of fused-ring (bicyclic) bond motifs is 2. The van der Waals surface area contributed by atoms with Crippen LogP contribution in [0.5, 0.6) is 0 Å². The SMILES string of the molecule is CC[C@@H](CO)N1C(=O)[C@@H]2[C@@H]3C(=O)N(C)CC=C[C@@H]3O[C@@]23C=CCN(C2CCCCC2)C(=O)C13. The number of hydrogen-bond donors (Lipinski definition) is 1. The molecule has 1 saturated carbocycles. The molecule has 3 amide bonds. The molecule has 4 aliphatic heterocycles. The van der Waals surface area contributed by atoms with Crippen LogP contribution in [-0.4, -0.2) is 94.1 Å². The van der Waals surface area contributed by atoms with Gasteiger partial charge in [0, 0.05) is 26.2 Å². The second-order valence-electron chi connectivity index (χ2n) is 10.2. The third kappa shape index (κ3) is 3.28. The summed E-state index contributed by atoms with van der Waals surface area (Å²) in [7, 11) is 1.73. The van der Waals surface area contributed by atoms with E-state index >= 15 is 0 Å². The number of nitrogens with zero attached hydrogens (tertiary/aromatic N) is 3. The van der Waals surface area contributed by atoms with Gasteiger partial charge in [0.25, 0.3) is 0 Å². The lowest BCUT2D eigenvalue weighted by Crippen LogP contribution is -2.59. The fraction of sp³-hybridized carbons (Fsp3) is 0.720. The molecule has 0 aromatic heterocycles. The second-order valence-corrected chi connectivity index (χ2v) is 10.2. The van der Waals surface area contributed by atoms with Crippen molar-refractivity contribution in [3.63, 3.8) is 0 Å². The summed E-state index contributed by atoms with van der Waals surface area (Å²) in [5, 5.41) is 10.1. The molecule has 8 nitrogen and oxygen atoms in total. The van der Waals surface area contributed by atoms with E-state index in [1.165, 1.54) is 6.42 Å². The molecule has 4 heterocycles. The van der Waals surface area contributed by atoms with Gasteiger partial charge < -0.3 is 24.5 Å². The van der Waals surface area contributed by atoms with Crippen LogP contribution in [0.15, 0.2) is 24.3 Å². The largest absolute Gasteiger partial charge is 0.394 e. The molecule has 1 spiro atoms. The molecular weight excluding hydrogens is 422 g/mol. The summed E-state index contributed by atoms with van der Waals surface area (Å²) in [5.74, 6) is -1.96. The Morgan fingerprint density at radius 2 is 1.85 bits per heavy atom. The third-order valence-corrected chi connectivity index (χ3v) is 8.42. The Balaban J connectivity index is 1.61. The monoisotopic (exact) mass is 457 g/mol. The van der Waals surface area contributed by atoms with Gasteiger partial charge >= 0.3 is 0 Å². The smallest absolute Gasteiger partial charge is 0.249 e. The lowest BCUT2D eigenvalue weighted by Gasteiger charge is -2.41. The number of carbonyl (C=O) groups is 3. The Labute approximate surface area is 195 Å². The van der Waals surface area contributed by atoms with Gasteiger partial charge in [0.05, 0.1) is 30.6 Å². The Hall–Kier alpha value is -2.19. The summed E-state index contributed by atoms with van der Waals surface area (Å²) in [6, 6.07) is -1.22. The average molecular weight is 458 g/mol. The Bertz CT molecular complexity index is 877. The highest BCUT2D eigenvalue weighted by atomic mass is 16.5. The first-order chi connectivity index (χ1) is 15.9. The molecule has 0 radical (unpaired) electrons. The molecule has 8 heteroatoms. The highest BCUT2D eigenvalue weighted by Crippen LogP contribution is 2.54. The number of rotatable bonds is 4. The summed E-state index contributed by atoms with van der Waals surface area (Å²) in [6.45, 7) is 2.62. The van der Waals surface area contributed by atoms with Crippen LogP contribution < -0.4 is 0 Å². The molecule has 0 aromatic rings. The number of likely N-dealkylation sites (tertiary alicyclic amines) is 1. The van der Waals surface area contributed by atoms with E-state index in [0.29, 0.717) is 19.5 Å². The second kappa shape index (κ2) is 8.55. The predicted octanol–water partition coefficient (Wildman–Crippen LogP) is 1.10. The van der Waals surface area contributed by atoms with Crippen molar-refractivity contribution >= 4 is 17.7 Å². The van der Waals surface area contributed by atoms with E-state index in [9.17, 15) is 19.5 Å². The first-order valence-electron chi connectivity index (χ1n) is 12.4. The minimum Gasteiger partial charge on any atom is -0.394 e. The van der Waals surface area contributed by atoms with Gasteiger partial charge in [0.2, 0.25) is 17.7 Å². The number of ether oxygens (including phenoxy) is 1. The average Bonchev–Trinajstić information content (AvgIpc) is 3.15. The fourth-order valence-electron chi connectivity index (χ4n) is 6.75. The quantitative estimate of drug-likeness (QED) is 0.639. The molecule has 1 N–H and O–H groups in total. The van der Waals surface area contributed by atoms with Crippen molar-refractivity contribution in [3.05, 3.63) is 24.3 Å². The topological polar surface area (TPSA) is 90.4 Å². The van der Waals surface area contributed by atoms with Crippen molar-refractivity contribution in [2.45, 2.75) is 75.3 Å². The van der Waals surface area contributed by atoms with E-state index in [2.05, 4.69) is 0 Å². The van der Waals surface area contributed by atoms with Crippen LogP contribution in [0.3, 0.4) is 0 Å². The molecule has 1 aliphatic carbocycles. The summed E-state index contributed by atoms with van der Waals surface area (Å²) < 4.78 is 6.59. The summed E-state index contributed by atoms with van der Waals surface area (Å²) in [5.41, 5.74) is -1.20. The van der Waals surface area contributed by atoms with Crippen LogP contribution in [0.2, 0.25) is 0 Å². The lowest BCUT2D eigenvalue weighted by atomic mass is 9.77. The first-order valence-corrected chi connectivity index (χ1v) is 12.4. The standard InChI is InChI=1S/C25H35N3O5/c1-3-16(15-29)28-21-24(32)27(17-9-5-4-6-10-17)14-8-12-25(21)20(23(28)31)19-18(33-25)11-7-13-26(2)22(19)30/h7-8,11-12,16-21,29H,3-6,9-10,13-15H2,1-2H3/t16-,18-,19+,20-,21?,25-/m0/s1. The maximum absolute atomic E-state index is 14.2. The third-order valence-electron chi connectivity index (χ3n) is 8.42. The molecule has 180 valence electrons. The number of hydrogen-bond acceptors (Lipinski definition) is 5. The van der Waals surface area contributed by atoms with Crippen LogP contribution in [0.4, 0.5) is 0 Å². The highest BCUT2D eigenvalue weighted by Gasteiger charge is 2.72. The van der Waals surface area contributed by atoms with Crippen LogP contribution in [0, 0.1) is 11.8 Å². The minimum absolute atomic E-state index is 0.115. The summed E-state index contributed by atoms with van der Waals surface area (Å²) in [6.07, 6.45) is 12.9. The van der Waals surface area contributed by atoms with Crippen LogP contribution in [0.25, 0.3) is 0 Å². The summed E-state index contributed by atoms with van der Waals surface area (Å²) >= 11 is 0. The van der Waals surface area contributed by atoms with Gasteiger partial charge in [0.1, 0.15) is 11.6 Å². The van der Waals surface area contributed by atoms with Crippen molar-refractivity contribution in [2.75, 3.05) is 26.7 Å². The van der Waals surface area contributed by atoms with Crippen LogP contribution in [0.1, 0.15) is 45.4 Å². The van der Waals surface area contributed by atoms with Crippen molar-refractivity contribution in [1.82, 2.24) is 14.7 Å². The summed E-state index contributed by atoms with van der Waals surface area (Å²) in [4.78, 5) is 46.6. The van der Waals surface area contributed by atoms with Crippen molar-refractivity contribution < 1.29 is 24.2 Å². The minimum atomic E-state index is -1.20. The molecule has 33 heavy (non-hydrogen) atoms. The van der Waals surface area contributed by atoms with Crippen LogP contribution >= 0.6 is 0 Å². The molecule has 3 fully saturated rings. The molecule has 6 atom stereocenters. The van der Waals surface area contributed by atoms with Gasteiger partial charge in [-0.25, -0.2) is 0 Å². The van der Waals surface area contributed by atoms with E-state index in [1.54, 1.807) is 16.8 Å². The van der Waals surface area contributed by atoms with Gasteiger partial charge in [-0.3, -0.25) is 14.4 Å². The van der Waals surface area contributed by atoms with Crippen molar-refractivity contribution in [2.24, 2.45) is 11.8 Å². The normalized spacial score (nSPS) is 37.7. The van der Waals surface area contributed by atoms with Crippen molar-refractivity contribution in [1.29, 1.82) is 0 Å². The van der Waals surface area contributed by atoms with Gasteiger partial charge in [-0.1, -0.05) is 50.5 Å². The van der Waals surface area contributed by atoms with E-state index in [-0.39, 0.29) is 30.4 Å². The molecule has 5 rings (SSSR count). The van der Waals surface area contributed by atoms with E-state index in [0.717, 1.165) is 25.7 Å².